The van der Waals surface area contributed by atoms with Gasteiger partial charge in [0.05, 0.1) is 22.6 Å². The molecule has 3 heterocycles. The number of fused-ring (bicyclic) bond motifs is 8. The van der Waals surface area contributed by atoms with Crippen LogP contribution < -0.4 is 4.90 Å². The lowest BCUT2D eigenvalue weighted by molar-refractivity contribution is 0.669. The minimum Gasteiger partial charge on any atom is -0.456 e. The quantitative estimate of drug-likeness (QED) is 0.150. The Morgan fingerprint density at radius 2 is 0.919 bits per heavy atom. The summed E-state index contributed by atoms with van der Waals surface area (Å²) < 4.78 is 6.20. The van der Waals surface area contributed by atoms with Crippen LogP contribution in [0.1, 0.15) is 0 Å². The van der Waals surface area contributed by atoms with Crippen molar-refractivity contribution >= 4 is 71.4 Å². The minimum absolute atomic E-state index is 0.687. The van der Waals surface area contributed by atoms with Gasteiger partial charge in [0.2, 0.25) is 0 Å². The summed E-state index contributed by atoms with van der Waals surface area (Å²) in [6.07, 6.45) is 0. The number of anilines is 3. The molecule has 3 aromatic heterocycles. The lowest BCUT2D eigenvalue weighted by Crippen LogP contribution is -2.09. The average Bonchev–Trinajstić information content (AvgIpc) is 3.72. The first-order valence-electron chi connectivity index (χ1n) is 20.8. The molecule has 0 aliphatic carbocycles. The SMILES string of the molecule is c1ccc(-c2cc(-c3ccccc3)nc(-c3cccc4c3ccc3c(-c5ccc(N(c6ccccc6)c6ccc7oc8ccccc8c7c6)cc5)nc5ccccc5c34)n2)cc1. The lowest BCUT2D eigenvalue weighted by atomic mass is 9.93. The Hall–Kier alpha value is -8.41. The average molecular weight is 793 g/mol. The molecule has 0 amide bonds. The Bertz CT molecular complexity index is 3560. The Morgan fingerprint density at radius 3 is 1.66 bits per heavy atom. The molecule has 0 aliphatic rings. The van der Waals surface area contributed by atoms with Gasteiger partial charge >= 0.3 is 0 Å². The second kappa shape index (κ2) is 14.7. The third kappa shape index (κ3) is 6.06. The molecule has 62 heavy (non-hydrogen) atoms. The Morgan fingerprint density at radius 1 is 0.339 bits per heavy atom. The van der Waals surface area contributed by atoms with Crippen molar-refractivity contribution in [2.24, 2.45) is 0 Å². The van der Waals surface area contributed by atoms with Crippen LogP contribution in [0.2, 0.25) is 0 Å². The molecule has 0 radical (unpaired) electrons. The van der Waals surface area contributed by atoms with Gasteiger partial charge in [-0.3, -0.25) is 0 Å². The number of para-hydroxylation sites is 3. The first-order chi connectivity index (χ1) is 30.7. The topological polar surface area (TPSA) is 55.1 Å². The van der Waals surface area contributed by atoms with Crippen LogP contribution in [0.3, 0.4) is 0 Å². The number of nitrogens with zero attached hydrogens (tertiary/aromatic N) is 4. The van der Waals surface area contributed by atoms with E-state index in [1.54, 1.807) is 0 Å². The highest BCUT2D eigenvalue weighted by Crippen LogP contribution is 2.42. The fourth-order valence-corrected chi connectivity index (χ4v) is 8.95. The van der Waals surface area contributed by atoms with Crippen molar-refractivity contribution in [3.8, 4) is 45.2 Å². The van der Waals surface area contributed by atoms with Gasteiger partial charge < -0.3 is 9.32 Å². The molecule has 0 atom stereocenters. The van der Waals surface area contributed by atoms with Gasteiger partial charge in [0.25, 0.3) is 0 Å². The number of benzene rings is 9. The van der Waals surface area contributed by atoms with Crippen LogP contribution in [0.4, 0.5) is 17.1 Å². The number of hydrogen-bond donors (Lipinski definition) is 0. The van der Waals surface area contributed by atoms with Gasteiger partial charge in [-0.1, -0.05) is 158 Å². The monoisotopic (exact) mass is 792 g/mol. The summed E-state index contributed by atoms with van der Waals surface area (Å²) in [5.74, 6) is 0.687. The molecule has 0 N–H and O–H groups in total. The fraction of sp³-hybridized carbons (Fsp3) is 0. The van der Waals surface area contributed by atoms with E-state index >= 15 is 0 Å². The van der Waals surface area contributed by atoms with Gasteiger partial charge in [-0.2, -0.15) is 0 Å². The molecule has 0 aliphatic heterocycles. The van der Waals surface area contributed by atoms with Crippen LogP contribution in [-0.4, -0.2) is 15.0 Å². The maximum atomic E-state index is 6.20. The molecule has 9 aromatic carbocycles. The molecular weight excluding hydrogens is 757 g/mol. The van der Waals surface area contributed by atoms with Gasteiger partial charge in [0.1, 0.15) is 11.2 Å². The predicted octanol–water partition coefficient (Wildman–Crippen LogP) is 15.4. The van der Waals surface area contributed by atoms with Gasteiger partial charge in [0.15, 0.2) is 5.82 Å². The Kier molecular flexibility index (Phi) is 8.42. The van der Waals surface area contributed by atoms with Crippen molar-refractivity contribution in [2.75, 3.05) is 4.90 Å². The molecule has 0 unspecified atom stereocenters. The summed E-state index contributed by atoms with van der Waals surface area (Å²) in [5, 5.41) is 7.75. The molecule has 0 spiro atoms. The summed E-state index contributed by atoms with van der Waals surface area (Å²) in [4.78, 5) is 18.1. The van der Waals surface area contributed by atoms with Crippen LogP contribution in [0, 0.1) is 0 Å². The molecule has 0 saturated carbocycles. The van der Waals surface area contributed by atoms with E-state index in [2.05, 4.69) is 199 Å². The first kappa shape index (κ1) is 35.5. The van der Waals surface area contributed by atoms with Gasteiger partial charge in [-0.25, -0.2) is 15.0 Å². The second-order valence-corrected chi connectivity index (χ2v) is 15.6. The van der Waals surface area contributed by atoms with E-state index in [0.29, 0.717) is 5.82 Å². The van der Waals surface area contributed by atoms with Crippen molar-refractivity contribution in [1.82, 2.24) is 15.0 Å². The van der Waals surface area contributed by atoms with E-state index in [1.807, 2.05) is 24.3 Å². The Labute approximate surface area is 357 Å². The van der Waals surface area contributed by atoms with Crippen LogP contribution in [-0.2, 0) is 0 Å². The van der Waals surface area contributed by atoms with Gasteiger partial charge in [0, 0.05) is 66.2 Å². The van der Waals surface area contributed by atoms with Gasteiger partial charge in [-0.15, -0.1) is 0 Å². The maximum absolute atomic E-state index is 6.20. The van der Waals surface area contributed by atoms with Crippen LogP contribution in [0.15, 0.2) is 223 Å². The molecule has 5 nitrogen and oxygen atoms in total. The summed E-state index contributed by atoms with van der Waals surface area (Å²) in [6, 6.07) is 76.1. The van der Waals surface area contributed by atoms with E-state index in [0.717, 1.165) is 111 Å². The number of furan rings is 1. The Balaban J connectivity index is 1.01. The van der Waals surface area contributed by atoms with Gasteiger partial charge in [-0.05, 0) is 71.4 Å². The predicted molar refractivity (Wildman–Crippen MR) is 256 cm³/mol. The smallest absolute Gasteiger partial charge is 0.161 e. The van der Waals surface area contributed by atoms with E-state index in [9.17, 15) is 0 Å². The van der Waals surface area contributed by atoms with Crippen LogP contribution >= 0.6 is 0 Å². The molecule has 290 valence electrons. The molecule has 5 heteroatoms. The first-order valence-corrected chi connectivity index (χ1v) is 20.8. The third-order valence-corrected chi connectivity index (χ3v) is 11.9. The zero-order chi connectivity index (χ0) is 41.0. The summed E-state index contributed by atoms with van der Waals surface area (Å²) in [6.45, 7) is 0. The number of pyridine rings is 1. The molecule has 0 bridgehead atoms. The van der Waals surface area contributed by atoms with Crippen molar-refractivity contribution in [2.45, 2.75) is 0 Å². The van der Waals surface area contributed by atoms with E-state index in [-0.39, 0.29) is 0 Å². The largest absolute Gasteiger partial charge is 0.456 e. The van der Waals surface area contributed by atoms with Crippen molar-refractivity contribution in [1.29, 1.82) is 0 Å². The molecule has 12 rings (SSSR count). The molecular formula is C57H36N4O. The number of aromatic nitrogens is 3. The van der Waals surface area contributed by atoms with Crippen LogP contribution in [0.25, 0.3) is 99.5 Å². The van der Waals surface area contributed by atoms with Crippen molar-refractivity contribution in [3.05, 3.63) is 218 Å². The highest BCUT2D eigenvalue weighted by molar-refractivity contribution is 6.24. The normalized spacial score (nSPS) is 11.5. The third-order valence-electron chi connectivity index (χ3n) is 11.9. The zero-order valence-corrected chi connectivity index (χ0v) is 33.5. The molecule has 12 aromatic rings. The summed E-state index contributed by atoms with van der Waals surface area (Å²) in [5.41, 5.74) is 12.7. The minimum atomic E-state index is 0.687. The molecule has 0 fully saturated rings. The van der Waals surface area contributed by atoms with Crippen molar-refractivity contribution in [3.63, 3.8) is 0 Å². The summed E-state index contributed by atoms with van der Waals surface area (Å²) >= 11 is 0. The molecule has 0 saturated heterocycles. The summed E-state index contributed by atoms with van der Waals surface area (Å²) in [7, 11) is 0. The number of rotatable bonds is 7. The number of hydrogen-bond acceptors (Lipinski definition) is 5. The highest BCUT2D eigenvalue weighted by Gasteiger charge is 2.19. The van der Waals surface area contributed by atoms with Crippen molar-refractivity contribution < 1.29 is 4.42 Å². The fourth-order valence-electron chi connectivity index (χ4n) is 8.95. The van der Waals surface area contributed by atoms with E-state index in [4.69, 9.17) is 19.4 Å². The van der Waals surface area contributed by atoms with Crippen LogP contribution in [0.5, 0.6) is 0 Å². The highest BCUT2D eigenvalue weighted by atomic mass is 16.3. The second-order valence-electron chi connectivity index (χ2n) is 15.6. The lowest BCUT2D eigenvalue weighted by Gasteiger charge is -2.25. The van der Waals surface area contributed by atoms with E-state index < -0.39 is 0 Å². The standard InChI is InChI=1S/C57H36N4O/c1-4-15-37(16-5-1)51-36-52(38-17-6-2-7-18-38)60-57(59-51)46-24-14-23-45-43(46)32-33-48-55(45)47-22-10-12-25-50(47)58-56(48)39-27-29-41(30-28-39)61(40-19-8-3-9-20-40)42-31-34-54-49(35-42)44-21-11-13-26-53(44)62-54/h1-36H. The van der Waals surface area contributed by atoms with E-state index in [1.165, 1.54) is 0 Å². The maximum Gasteiger partial charge on any atom is 0.161 e. The zero-order valence-electron chi connectivity index (χ0n) is 33.5.